The summed E-state index contributed by atoms with van der Waals surface area (Å²) in [5.41, 5.74) is 3.72. The van der Waals surface area contributed by atoms with Crippen LogP contribution in [0.25, 0.3) is 0 Å². The molecule has 2 heteroatoms. The topological polar surface area (TPSA) is 9.23 Å². The van der Waals surface area contributed by atoms with Gasteiger partial charge in [0.2, 0.25) is 0 Å². The zero-order valence-corrected chi connectivity index (χ0v) is 14.2. The van der Waals surface area contributed by atoms with Gasteiger partial charge in [-0.1, -0.05) is 55.2 Å². The molecule has 0 amide bonds. The van der Waals surface area contributed by atoms with Crippen LogP contribution in [0.3, 0.4) is 0 Å². The van der Waals surface area contributed by atoms with E-state index in [0.29, 0.717) is 6.61 Å². The average Bonchev–Trinajstić information content (AvgIpc) is 2.35. The summed E-state index contributed by atoms with van der Waals surface area (Å²) in [6.07, 6.45) is 0. The van der Waals surface area contributed by atoms with Gasteiger partial charge >= 0.3 is 0 Å². The fourth-order valence-electron chi connectivity index (χ4n) is 2.28. The summed E-state index contributed by atoms with van der Waals surface area (Å²) in [6.45, 7) is 11.9. The highest BCUT2D eigenvalue weighted by Crippen LogP contribution is 2.17. The number of aryl methyl sites for hydroxylation is 2. The fraction of sp³-hybridized carbons (Fsp3) is 0.333. The highest BCUT2D eigenvalue weighted by atomic mass is 28.3. The molecule has 0 saturated carbocycles. The molecule has 0 fully saturated rings. The van der Waals surface area contributed by atoms with Gasteiger partial charge < -0.3 is 4.74 Å². The van der Waals surface area contributed by atoms with Crippen molar-refractivity contribution < 1.29 is 4.74 Å². The van der Waals surface area contributed by atoms with Crippen LogP contribution in [0.2, 0.25) is 19.6 Å². The molecule has 0 atom stereocenters. The van der Waals surface area contributed by atoms with Crippen LogP contribution >= 0.6 is 0 Å². The quantitative estimate of drug-likeness (QED) is 0.755. The Labute approximate surface area is 123 Å². The van der Waals surface area contributed by atoms with Crippen LogP contribution in [0.4, 0.5) is 0 Å². The minimum Gasteiger partial charge on any atom is -0.489 e. The second-order valence-electron chi connectivity index (χ2n) is 6.56. The van der Waals surface area contributed by atoms with E-state index in [4.69, 9.17) is 4.74 Å². The van der Waals surface area contributed by atoms with E-state index in [0.717, 1.165) is 5.75 Å². The van der Waals surface area contributed by atoms with E-state index in [9.17, 15) is 0 Å². The molecule has 0 radical (unpaired) electrons. The van der Waals surface area contributed by atoms with Crippen LogP contribution in [0, 0.1) is 13.8 Å². The van der Waals surface area contributed by atoms with Crippen molar-refractivity contribution in [3.8, 4) is 5.75 Å². The lowest BCUT2D eigenvalue weighted by atomic mass is 10.1. The fourth-order valence-corrected chi connectivity index (χ4v) is 3.45. The second kappa shape index (κ2) is 5.84. The molecule has 2 aromatic carbocycles. The van der Waals surface area contributed by atoms with E-state index in [1.54, 1.807) is 0 Å². The Morgan fingerprint density at radius 1 is 0.850 bits per heavy atom. The molecule has 0 aliphatic heterocycles. The van der Waals surface area contributed by atoms with Crippen molar-refractivity contribution >= 4 is 13.3 Å². The van der Waals surface area contributed by atoms with E-state index in [-0.39, 0.29) is 0 Å². The third kappa shape index (κ3) is 3.97. The Balaban J connectivity index is 2.04. The maximum absolute atomic E-state index is 5.89. The molecular formula is C18H24OSi. The zero-order valence-electron chi connectivity index (χ0n) is 13.2. The smallest absolute Gasteiger partial charge is 0.120 e. The van der Waals surface area contributed by atoms with Crippen molar-refractivity contribution in [2.45, 2.75) is 40.1 Å². The highest BCUT2D eigenvalue weighted by molar-refractivity contribution is 6.88. The molecule has 106 valence electrons. The van der Waals surface area contributed by atoms with Crippen LogP contribution in [0.15, 0.2) is 42.5 Å². The Morgan fingerprint density at radius 3 is 1.90 bits per heavy atom. The van der Waals surface area contributed by atoms with Crippen molar-refractivity contribution in [1.82, 2.24) is 0 Å². The molecule has 1 nitrogen and oxygen atoms in total. The molecule has 0 aromatic heterocycles. The van der Waals surface area contributed by atoms with E-state index in [2.05, 4.69) is 76.0 Å². The molecule has 0 aliphatic carbocycles. The number of rotatable bonds is 4. The number of ether oxygens (including phenoxy) is 1. The molecular weight excluding hydrogens is 260 g/mol. The summed E-state index contributed by atoms with van der Waals surface area (Å²) in [6, 6.07) is 15.2. The van der Waals surface area contributed by atoms with Crippen molar-refractivity contribution in [3.63, 3.8) is 0 Å². The Hall–Kier alpha value is -1.54. The van der Waals surface area contributed by atoms with Crippen molar-refractivity contribution in [2.24, 2.45) is 0 Å². The summed E-state index contributed by atoms with van der Waals surface area (Å²) < 4.78 is 5.89. The van der Waals surface area contributed by atoms with Crippen LogP contribution in [-0.4, -0.2) is 8.07 Å². The lowest BCUT2D eigenvalue weighted by Crippen LogP contribution is -2.37. The molecule has 2 rings (SSSR count). The highest BCUT2D eigenvalue weighted by Gasteiger charge is 2.15. The summed E-state index contributed by atoms with van der Waals surface area (Å²) in [4.78, 5) is 0. The van der Waals surface area contributed by atoms with Crippen LogP contribution in [0.1, 0.15) is 16.7 Å². The largest absolute Gasteiger partial charge is 0.489 e. The lowest BCUT2D eigenvalue weighted by Gasteiger charge is -2.17. The summed E-state index contributed by atoms with van der Waals surface area (Å²) in [7, 11) is -1.20. The number of hydrogen-bond acceptors (Lipinski definition) is 1. The van der Waals surface area contributed by atoms with Crippen molar-refractivity contribution in [3.05, 3.63) is 59.2 Å². The first-order valence-corrected chi connectivity index (χ1v) is 10.6. The van der Waals surface area contributed by atoms with Gasteiger partial charge in [0.1, 0.15) is 12.4 Å². The predicted octanol–water partition coefficient (Wildman–Crippen LogP) is 4.43. The Bertz CT molecular complexity index is 559. The Kier molecular flexibility index (Phi) is 4.34. The van der Waals surface area contributed by atoms with Gasteiger partial charge in [0, 0.05) is 0 Å². The molecule has 0 bridgehead atoms. The first-order valence-electron chi connectivity index (χ1n) is 7.15. The molecule has 0 aliphatic rings. The molecule has 0 spiro atoms. The minimum atomic E-state index is -1.20. The normalized spacial score (nSPS) is 11.4. The molecule has 20 heavy (non-hydrogen) atoms. The maximum Gasteiger partial charge on any atom is 0.120 e. The Morgan fingerprint density at radius 2 is 1.40 bits per heavy atom. The van der Waals surface area contributed by atoms with Gasteiger partial charge in [-0.2, -0.15) is 0 Å². The van der Waals surface area contributed by atoms with Gasteiger partial charge in [-0.15, -0.1) is 0 Å². The van der Waals surface area contributed by atoms with Gasteiger partial charge in [-0.25, -0.2) is 0 Å². The van der Waals surface area contributed by atoms with Gasteiger partial charge in [0.25, 0.3) is 0 Å². The summed E-state index contributed by atoms with van der Waals surface area (Å²) >= 11 is 0. The van der Waals surface area contributed by atoms with Gasteiger partial charge in [-0.3, -0.25) is 0 Å². The predicted molar refractivity (Wildman–Crippen MR) is 89.7 cm³/mol. The zero-order chi connectivity index (χ0) is 14.8. The average molecular weight is 284 g/mol. The van der Waals surface area contributed by atoms with Crippen molar-refractivity contribution in [2.75, 3.05) is 0 Å². The van der Waals surface area contributed by atoms with E-state index in [1.165, 1.54) is 21.9 Å². The number of benzene rings is 2. The van der Waals surface area contributed by atoms with Gasteiger partial charge in [0.05, 0.1) is 8.07 Å². The summed E-state index contributed by atoms with van der Waals surface area (Å²) in [5.74, 6) is 0.955. The number of hydrogen-bond donors (Lipinski definition) is 0. The minimum absolute atomic E-state index is 0.634. The van der Waals surface area contributed by atoms with Gasteiger partial charge in [0.15, 0.2) is 0 Å². The molecule has 0 unspecified atom stereocenters. The first-order chi connectivity index (χ1) is 9.34. The molecule has 0 saturated heterocycles. The van der Waals surface area contributed by atoms with Crippen LogP contribution in [-0.2, 0) is 6.61 Å². The SMILES string of the molecule is Cc1cc(C)cc(OCc2ccc([Si](C)(C)C)cc2)c1. The van der Waals surface area contributed by atoms with E-state index < -0.39 is 8.07 Å². The maximum atomic E-state index is 5.89. The molecule has 0 heterocycles. The third-order valence-electron chi connectivity index (χ3n) is 3.42. The lowest BCUT2D eigenvalue weighted by molar-refractivity contribution is 0.306. The standard InChI is InChI=1S/C18H24OSi/c1-14-10-15(2)12-17(11-14)19-13-16-6-8-18(9-7-16)20(3,4)5/h6-12H,13H2,1-5H3. The monoisotopic (exact) mass is 284 g/mol. The summed E-state index contributed by atoms with van der Waals surface area (Å²) in [5, 5.41) is 1.49. The third-order valence-corrected chi connectivity index (χ3v) is 5.49. The molecule has 2 aromatic rings. The van der Waals surface area contributed by atoms with E-state index >= 15 is 0 Å². The molecule has 0 N–H and O–H groups in total. The van der Waals surface area contributed by atoms with Crippen LogP contribution < -0.4 is 9.92 Å². The first kappa shape index (κ1) is 14.9. The van der Waals surface area contributed by atoms with Gasteiger partial charge in [-0.05, 0) is 42.7 Å². The second-order valence-corrected chi connectivity index (χ2v) is 11.6. The van der Waals surface area contributed by atoms with E-state index in [1.807, 2.05) is 0 Å². The van der Waals surface area contributed by atoms with Crippen molar-refractivity contribution in [1.29, 1.82) is 0 Å². The van der Waals surface area contributed by atoms with Crippen LogP contribution in [0.5, 0.6) is 5.75 Å².